The van der Waals surface area contributed by atoms with E-state index < -0.39 is 5.97 Å². The lowest BCUT2D eigenvalue weighted by Gasteiger charge is -2.35. The molecule has 1 N–H and O–H groups in total. The van der Waals surface area contributed by atoms with Gasteiger partial charge in [0.1, 0.15) is 0 Å². The number of carboxylic acid groups (broad SMARTS) is 1. The molecular formula is C18H26N2O4S. The number of carboxylic acids is 1. The first kappa shape index (κ1) is 19.8. The van der Waals surface area contributed by atoms with E-state index in [0.29, 0.717) is 31.5 Å². The third kappa shape index (κ3) is 6.02. The first-order valence-corrected chi connectivity index (χ1v) is 9.31. The van der Waals surface area contributed by atoms with E-state index in [4.69, 9.17) is 9.84 Å². The van der Waals surface area contributed by atoms with E-state index in [9.17, 15) is 9.59 Å². The van der Waals surface area contributed by atoms with Gasteiger partial charge < -0.3 is 14.7 Å². The predicted octanol–water partition coefficient (Wildman–Crippen LogP) is 2.04. The molecule has 1 amide bonds. The van der Waals surface area contributed by atoms with E-state index in [2.05, 4.69) is 13.8 Å². The van der Waals surface area contributed by atoms with E-state index in [1.807, 2.05) is 29.2 Å². The average molecular weight is 366 g/mol. The number of ether oxygens (including phenoxy) is 1. The summed E-state index contributed by atoms with van der Waals surface area (Å²) in [6.45, 7) is 6.16. The molecule has 0 spiro atoms. The maximum atomic E-state index is 13.0. The Kier molecular flexibility index (Phi) is 7.28. The van der Waals surface area contributed by atoms with Crippen LogP contribution in [0.1, 0.15) is 24.2 Å². The van der Waals surface area contributed by atoms with Gasteiger partial charge in [0.25, 0.3) is 5.91 Å². The zero-order valence-corrected chi connectivity index (χ0v) is 15.8. The highest BCUT2D eigenvalue weighted by atomic mass is 32.2. The van der Waals surface area contributed by atoms with E-state index in [1.165, 1.54) is 0 Å². The summed E-state index contributed by atoms with van der Waals surface area (Å²) in [5.41, 5.74) is 0.723. The number of aliphatic carboxylic acids is 1. The van der Waals surface area contributed by atoms with Crippen LogP contribution < -0.4 is 0 Å². The van der Waals surface area contributed by atoms with Gasteiger partial charge in [-0.1, -0.05) is 26.0 Å². The number of hydrogen-bond donors (Lipinski definition) is 1. The minimum atomic E-state index is -0.870. The minimum absolute atomic E-state index is 0.0120. The quantitative estimate of drug-likeness (QED) is 0.745. The van der Waals surface area contributed by atoms with Crippen LogP contribution in [0.2, 0.25) is 0 Å². The molecule has 0 aliphatic carbocycles. The van der Waals surface area contributed by atoms with Gasteiger partial charge >= 0.3 is 5.97 Å². The zero-order chi connectivity index (χ0) is 18.4. The molecule has 0 radical (unpaired) electrons. The van der Waals surface area contributed by atoms with E-state index in [1.54, 1.807) is 23.7 Å². The predicted molar refractivity (Wildman–Crippen MR) is 98.2 cm³/mol. The first-order valence-electron chi connectivity index (χ1n) is 8.43. The second-order valence-corrected chi connectivity index (χ2v) is 8.12. The molecule has 1 heterocycles. The van der Waals surface area contributed by atoms with Crippen molar-refractivity contribution in [2.75, 3.05) is 39.8 Å². The number of benzene rings is 1. The highest BCUT2D eigenvalue weighted by Crippen LogP contribution is 2.27. The molecule has 1 atom stereocenters. The van der Waals surface area contributed by atoms with Crippen LogP contribution in [-0.2, 0) is 9.53 Å². The Hall–Kier alpha value is -1.57. The molecule has 25 heavy (non-hydrogen) atoms. The van der Waals surface area contributed by atoms with Gasteiger partial charge in [0, 0.05) is 29.8 Å². The molecule has 0 aromatic heterocycles. The summed E-state index contributed by atoms with van der Waals surface area (Å²) in [5, 5.41) is 9.25. The van der Waals surface area contributed by atoms with Crippen molar-refractivity contribution in [2.45, 2.75) is 30.1 Å². The Morgan fingerprint density at radius 2 is 2.12 bits per heavy atom. The van der Waals surface area contributed by atoms with Crippen molar-refractivity contribution in [3.8, 4) is 0 Å². The van der Waals surface area contributed by atoms with Gasteiger partial charge in [0.15, 0.2) is 0 Å². The molecular weight excluding hydrogens is 340 g/mol. The van der Waals surface area contributed by atoms with E-state index in [0.717, 1.165) is 10.5 Å². The molecule has 1 saturated heterocycles. The molecule has 2 rings (SSSR count). The number of likely N-dealkylation sites (N-methyl/N-ethyl adjacent to an activating group) is 1. The van der Waals surface area contributed by atoms with Crippen LogP contribution in [-0.4, -0.2) is 78.0 Å². The summed E-state index contributed by atoms with van der Waals surface area (Å²) in [4.78, 5) is 28.2. The Morgan fingerprint density at radius 3 is 2.80 bits per heavy atom. The number of nitrogens with zero attached hydrogens (tertiary/aromatic N) is 2. The number of amides is 1. The van der Waals surface area contributed by atoms with Crippen LogP contribution in [0.25, 0.3) is 0 Å². The van der Waals surface area contributed by atoms with E-state index in [-0.39, 0.29) is 18.6 Å². The Bertz CT molecular complexity index is 608. The first-order chi connectivity index (χ1) is 11.9. The van der Waals surface area contributed by atoms with E-state index >= 15 is 0 Å². The smallest absolute Gasteiger partial charge is 0.317 e. The third-order valence-corrected chi connectivity index (χ3v) is 4.91. The minimum Gasteiger partial charge on any atom is -0.480 e. The second-order valence-electron chi connectivity index (χ2n) is 6.50. The molecule has 138 valence electrons. The molecule has 6 nitrogen and oxygen atoms in total. The van der Waals surface area contributed by atoms with Gasteiger partial charge in [0.2, 0.25) is 0 Å². The van der Waals surface area contributed by atoms with Crippen molar-refractivity contribution >= 4 is 23.6 Å². The van der Waals surface area contributed by atoms with Gasteiger partial charge in [-0.25, -0.2) is 0 Å². The lowest BCUT2D eigenvalue weighted by Crippen LogP contribution is -2.49. The van der Waals surface area contributed by atoms with Gasteiger partial charge in [-0.15, -0.1) is 11.8 Å². The molecule has 1 aromatic carbocycles. The highest BCUT2D eigenvalue weighted by molar-refractivity contribution is 8.00. The summed E-state index contributed by atoms with van der Waals surface area (Å²) < 4.78 is 5.71. The molecule has 0 saturated carbocycles. The van der Waals surface area contributed by atoms with Crippen LogP contribution in [0, 0.1) is 0 Å². The molecule has 1 fully saturated rings. The standard InChI is InChI=1S/C18H26N2O4S/c1-13(2)25-16-7-5-4-6-15(16)18(23)20-8-9-24-14(11-20)10-19(3)12-17(21)22/h4-7,13-14H,8-12H2,1-3H3,(H,21,22). The molecule has 7 heteroatoms. The van der Waals surface area contributed by atoms with Crippen molar-refractivity contribution in [1.29, 1.82) is 0 Å². The van der Waals surface area contributed by atoms with Crippen LogP contribution in [0.3, 0.4) is 0 Å². The van der Waals surface area contributed by atoms with Crippen LogP contribution in [0.5, 0.6) is 0 Å². The largest absolute Gasteiger partial charge is 0.480 e. The maximum absolute atomic E-state index is 13.0. The monoisotopic (exact) mass is 366 g/mol. The molecule has 0 bridgehead atoms. The average Bonchev–Trinajstić information content (AvgIpc) is 2.53. The van der Waals surface area contributed by atoms with Gasteiger partial charge in [-0.3, -0.25) is 14.5 Å². The third-order valence-electron chi connectivity index (χ3n) is 3.83. The van der Waals surface area contributed by atoms with Crippen LogP contribution >= 0.6 is 11.8 Å². The zero-order valence-electron chi connectivity index (χ0n) is 15.0. The van der Waals surface area contributed by atoms with Gasteiger partial charge in [0.05, 0.1) is 24.8 Å². The van der Waals surface area contributed by atoms with Crippen molar-refractivity contribution in [3.63, 3.8) is 0 Å². The SMILES string of the molecule is CC(C)Sc1ccccc1C(=O)N1CCOC(CN(C)CC(=O)O)C1. The summed E-state index contributed by atoms with van der Waals surface area (Å²) in [6, 6.07) is 7.69. The van der Waals surface area contributed by atoms with Crippen molar-refractivity contribution in [3.05, 3.63) is 29.8 Å². The number of rotatable bonds is 7. The van der Waals surface area contributed by atoms with Crippen molar-refractivity contribution in [1.82, 2.24) is 9.80 Å². The summed E-state index contributed by atoms with van der Waals surface area (Å²) in [7, 11) is 1.74. The highest BCUT2D eigenvalue weighted by Gasteiger charge is 2.27. The second kappa shape index (κ2) is 9.22. The lowest BCUT2D eigenvalue weighted by atomic mass is 10.1. The Labute approximate surface area is 153 Å². The number of morpholine rings is 1. The molecule has 1 aliphatic rings. The normalized spacial score (nSPS) is 18.0. The number of hydrogen-bond acceptors (Lipinski definition) is 5. The fourth-order valence-corrected chi connectivity index (χ4v) is 3.78. The number of thioether (sulfide) groups is 1. The Morgan fingerprint density at radius 1 is 1.40 bits per heavy atom. The van der Waals surface area contributed by atoms with Gasteiger partial charge in [-0.2, -0.15) is 0 Å². The number of carbonyl (C=O) groups excluding carboxylic acids is 1. The van der Waals surface area contributed by atoms with Crippen molar-refractivity contribution < 1.29 is 19.4 Å². The fourth-order valence-electron chi connectivity index (χ4n) is 2.83. The number of carbonyl (C=O) groups is 2. The fraction of sp³-hybridized carbons (Fsp3) is 0.556. The van der Waals surface area contributed by atoms with Crippen LogP contribution in [0.15, 0.2) is 29.2 Å². The topological polar surface area (TPSA) is 70.1 Å². The lowest BCUT2D eigenvalue weighted by molar-refractivity contribution is -0.138. The maximum Gasteiger partial charge on any atom is 0.317 e. The molecule has 1 aromatic rings. The molecule has 1 aliphatic heterocycles. The molecule has 1 unspecified atom stereocenters. The van der Waals surface area contributed by atoms with Crippen molar-refractivity contribution in [2.24, 2.45) is 0 Å². The summed E-state index contributed by atoms with van der Waals surface area (Å²) in [5.74, 6) is -0.858. The Balaban J connectivity index is 2.03. The van der Waals surface area contributed by atoms with Crippen LogP contribution in [0.4, 0.5) is 0 Å². The summed E-state index contributed by atoms with van der Waals surface area (Å²) in [6.07, 6.45) is -0.174. The summed E-state index contributed by atoms with van der Waals surface area (Å²) >= 11 is 1.68. The van der Waals surface area contributed by atoms with Gasteiger partial charge in [-0.05, 0) is 19.2 Å².